The molecule has 0 radical (unpaired) electrons. The minimum absolute atomic E-state index is 0.0738. The Bertz CT molecular complexity index is 830. The minimum Gasteiger partial charge on any atom is -0.317 e. The molecule has 28 heavy (non-hydrogen) atoms. The maximum absolute atomic E-state index is 12.5. The molecule has 148 valence electrons. The molecule has 6 nitrogen and oxygen atoms in total. The molecule has 2 aliphatic carbocycles. The Morgan fingerprint density at radius 3 is 2.43 bits per heavy atom. The Labute approximate surface area is 168 Å². The molecule has 1 aromatic heterocycles. The normalized spacial score (nSPS) is 24.3. The number of fused-ring (bicyclic) bond motifs is 2. The summed E-state index contributed by atoms with van der Waals surface area (Å²) in [6.07, 6.45) is 8.85. The summed E-state index contributed by atoms with van der Waals surface area (Å²) >= 11 is 1.50. The summed E-state index contributed by atoms with van der Waals surface area (Å²) < 4.78 is 0. The van der Waals surface area contributed by atoms with Gasteiger partial charge in [0.15, 0.2) is 0 Å². The van der Waals surface area contributed by atoms with Gasteiger partial charge in [-0.25, -0.2) is 0 Å². The molecule has 1 saturated carbocycles. The molecule has 2 heterocycles. The number of likely N-dealkylation sites (tertiary alicyclic amines) is 1. The second kappa shape index (κ2) is 8.04. The van der Waals surface area contributed by atoms with Crippen LogP contribution in [0.3, 0.4) is 0 Å². The predicted octanol–water partition coefficient (Wildman–Crippen LogP) is 3.39. The van der Waals surface area contributed by atoms with Crippen molar-refractivity contribution in [2.45, 2.75) is 64.2 Å². The first-order valence-electron chi connectivity index (χ1n) is 10.3. The number of thiophene rings is 1. The fraction of sp³-hybridized carbons (Fsp3) is 0.619. The monoisotopic (exact) mass is 399 g/mol. The molecule has 0 bridgehead atoms. The number of hydrogen-bond acceptors (Lipinski definition) is 5. The minimum atomic E-state index is -0.247. The van der Waals surface area contributed by atoms with Crippen LogP contribution in [0, 0.1) is 23.2 Å². The molecule has 3 aliphatic rings. The third-order valence-electron chi connectivity index (χ3n) is 6.28. The third-order valence-corrected chi connectivity index (χ3v) is 7.49. The van der Waals surface area contributed by atoms with E-state index in [9.17, 15) is 19.6 Å². The quantitative estimate of drug-likeness (QED) is 0.621. The van der Waals surface area contributed by atoms with E-state index in [0.717, 1.165) is 56.9 Å². The van der Waals surface area contributed by atoms with Crippen LogP contribution in [-0.2, 0) is 27.2 Å². The van der Waals surface area contributed by atoms with Gasteiger partial charge < -0.3 is 5.32 Å². The molecule has 2 atom stereocenters. The molecule has 7 heteroatoms. The number of aryl methyl sites for hydroxylation is 1. The molecule has 2 fully saturated rings. The van der Waals surface area contributed by atoms with Crippen LogP contribution in [-0.4, -0.2) is 29.2 Å². The van der Waals surface area contributed by atoms with E-state index in [4.69, 9.17) is 0 Å². The Morgan fingerprint density at radius 2 is 1.75 bits per heavy atom. The number of imide groups is 1. The highest BCUT2D eigenvalue weighted by Gasteiger charge is 2.47. The summed E-state index contributed by atoms with van der Waals surface area (Å²) in [6, 6.07) is 2.26. The molecule has 1 N–H and O–H groups in total. The molecule has 0 spiro atoms. The maximum atomic E-state index is 12.5. The Hall–Kier alpha value is -2.20. The van der Waals surface area contributed by atoms with Crippen LogP contribution in [0.25, 0.3) is 0 Å². The first kappa shape index (κ1) is 19.1. The van der Waals surface area contributed by atoms with Crippen molar-refractivity contribution in [1.29, 1.82) is 5.26 Å². The standard InChI is InChI=1S/C21H25N3O3S/c22-12-16-13-6-2-1-3-9-17(13)28-19(16)23-18(25)10-11-24-20(26)14-7-4-5-8-15(14)21(24)27/h14-15H,1-11H2,(H,23,25). The average Bonchev–Trinajstić information content (AvgIpc) is 3.02. The lowest BCUT2D eigenvalue weighted by molar-refractivity contribution is -0.140. The van der Waals surface area contributed by atoms with Crippen molar-refractivity contribution >= 4 is 34.1 Å². The number of carbonyl (C=O) groups is 3. The number of nitrogens with zero attached hydrogens (tertiary/aromatic N) is 2. The lowest BCUT2D eigenvalue weighted by Gasteiger charge is -2.19. The van der Waals surface area contributed by atoms with Crippen molar-refractivity contribution in [3.63, 3.8) is 0 Å². The number of rotatable bonds is 4. The Balaban J connectivity index is 1.40. The van der Waals surface area contributed by atoms with E-state index >= 15 is 0 Å². The van der Waals surface area contributed by atoms with Gasteiger partial charge >= 0.3 is 0 Å². The summed E-state index contributed by atoms with van der Waals surface area (Å²) in [5, 5.41) is 13.0. The molecule has 0 aromatic carbocycles. The molecule has 1 aliphatic heterocycles. The molecular formula is C21H25N3O3S. The first-order chi connectivity index (χ1) is 13.6. The second-order valence-electron chi connectivity index (χ2n) is 8.00. The Kier molecular flexibility index (Phi) is 5.49. The fourth-order valence-corrected chi connectivity index (χ4v) is 6.06. The van der Waals surface area contributed by atoms with Crippen LogP contribution in [0.15, 0.2) is 0 Å². The summed E-state index contributed by atoms with van der Waals surface area (Å²) in [6.45, 7) is 0.128. The van der Waals surface area contributed by atoms with Crippen LogP contribution in [0.2, 0.25) is 0 Å². The summed E-state index contributed by atoms with van der Waals surface area (Å²) in [5.41, 5.74) is 1.68. The highest BCUT2D eigenvalue weighted by Crippen LogP contribution is 2.39. The van der Waals surface area contributed by atoms with Gasteiger partial charge in [-0.15, -0.1) is 11.3 Å². The SMILES string of the molecule is N#Cc1c(NC(=O)CCN2C(=O)C3CCCCC3C2=O)sc2c1CCCCC2. The van der Waals surface area contributed by atoms with E-state index in [1.54, 1.807) is 0 Å². The molecule has 4 rings (SSSR count). The largest absolute Gasteiger partial charge is 0.317 e. The highest BCUT2D eigenvalue weighted by atomic mass is 32.1. The molecule has 1 saturated heterocycles. The van der Waals surface area contributed by atoms with Gasteiger partial charge in [0.1, 0.15) is 11.1 Å². The number of nitrogens with one attached hydrogen (secondary N) is 1. The molecule has 1 aromatic rings. The maximum Gasteiger partial charge on any atom is 0.233 e. The van der Waals surface area contributed by atoms with Gasteiger partial charge in [0, 0.05) is 17.8 Å². The smallest absolute Gasteiger partial charge is 0.233 e. The van der Waals surface area contributed by atoms with E-state index in [1.807, 2.05) is 0 Å². The van der Waals surface area contributed by atoms with Crippen LogP contribution >= 0.6 is 11.3 Å². The molecule has 2 unspecified atom stereocenters. The van der Waals surface area contributed by atoms with Crippen LogP contribution in [0.5, 0.6) is 0 Å². The average molecular weight is 400 g/mol. The van der Waals surface area contributed by atoms with E-state index in [0.29, 0.717) is 10.6 Å². The number of carbonyl (C=O) groups excluding carboxylic acids is 3. The number of amides is 3. The van der Waals surface area contributed by atoms with Crippen LogP contribution < -0.4 is 5.32 Å². The zero-order chi connectivity index (χ0) is 19.7. The first-order valence-corrected chi connectivity index (χ1v) is 11.1. The van der Waals surface area contributed by atoms with E-state index < -0.39 is 0 Å². The Morgan fingerprint density at radius 1 is 1.07 bits per heavy atom. The van der Waals surface area contributed by atoms with Crippen molar-refractivity contribution in [1.82, 2.24) is 4.90 Å². The fourth-order valence-electron chi connectivity index (χ4n) is 4.80. The van der Waals surface area contributed by atoms with Gasteiger partial charge in [0.2, 0.25) is 17.7 Å². The summed E-state index contributed by atoms with van der Waals surface area (Å²) in [4.78, 5) is 40.0. The van der Waals surface area contributed by atoms with Crippen molar-refractivity contribution in [3.05, 3.63) is 16.0 Å². The second-order valence-corrected chi connectivity index (χ2v) is 9.11. The van der Waals surface area contributed by atoms with E-state index in [2.05, 4.69) is 11.4 Å². The third kappa shape index (κ3) is 3.46. The molecule has 3 amide bonds. The van der Waals surface area contributed by atoms with Crippen LogP contribution in [0.1, 0.15) is 67.4 Å². The number of anilines is 1. The van der Waals surface area contributed by atoms with Gasteiger partial charge in [-0.3, -0.25) is 19.3 Å². The summed E-state index contributed by atoms with van der Waals surface area (Å²) in [5.74, 6) is -0.820. The van der Waals surface area contributed by atoms with Gasteiger partial charge in [-0.05, 0) is 44.1 Å². The lowest BCUT2D eigenvalue weighted by Crippen LogP contribution is -2.34. The van der Waals surface area contributed by atoms with Crippen molar-refractivity contribution in [2.75, 3.05) is 11.9 Å². The van der Waals surface area contributed by atoms with E-state index in [1.165, 1.54) is 27.5 Å². The summed E-state index contributed by atoms with van der Waals surface area (Å²) in [7, 11) is 0. The topological polar surface area (TPSA) is 90.3 Å². The zero-order valence-corrected chi connectivity index (χ0v) is 16.8. The van der Waals surface area contributed by atoms with Crippen molar-refractivity contribution < 1.29 is 14.4 Å². The highest BCUT2D eigenvalue weighted by molar-refractivity contribution is 7.16. The van der Waals surface area contributed by atoms with Crippen LogP contribution in [0.4, 0.5) is 5.00 Å². The van der Waals surface area contributed by atoms with Crippen molar-refractivity contribution in [3.8, 4) is 6.07 Å². The van der Waals surface area contributed by atoms with Gasteiger partial charge in [0.05, 0.1) is 17.4 Å². The van der Waals surface area contributed by atoms with E-state index in [-0.39, 0.29) is 42.5 Å². The van der Waals surface area contributed by atoms with Gasteiger partial charge in [-0.2, -0.15) is 5.26 Å². The number of hydrogen-bond donors (Lipinski definition) is 1. The molecular weight excluding hydrogens is 374 g/mol. The zero-order valence-electron chi connectivity index (χ0n) is 16.0. The van der Waals surface area contributed by atoms with Gasteiger partial charge in [-0.1, -0.05) is 19.3 Å². The van der Waals surface area contributed by atoms with Gasteiger partial charge in [0.25, 0.3) is 0 Å². The van der Waals surface area contributed by atoms with Crippen molar-refractivity contribution in [2.24, 2.45) is 11.8 Å². The lowest BCUT2D eigenvalue weighted by atomic mass is 9.81. The predicted molar refractivity (Wildman–Crippen MR) is 106 cm³/mol. The number of nitriles is 1.